The van der Waals surface area contributed by atoms with Crippen molar-refractivity contribution in [3.63, 3.8) is 0 Å². The lowest BCUT2D eigenvalue weighted by Gasteiger charge is -2.11. The van der Waals surface area contributed by atoms with Crippen molar-refractivity contribution < 1.29 is 0 Å². The van der Waals surface area contributed by atoms with Gasteiger partial charge in [0.2, 0.25) is 0 Å². The minimum atomic E-state index is 0. The maximum Gasteiger partial charge on any atom is 0.191 e. The second-order valence-corrected chi connectivity index (χ2v) is 5.70. The number of aryl methyl sites for hydroxylation is 2. The van der Waals surface area contributed by atoms with E-state index in [9.17, 15) is 0 Å². The van der Waals surface area contributed by atoms with Gasteiger partial charge < -0.3 is 15.2 Å². The molecule has 2 heterocycles. The standard InChI is InChI=1S/C13H20N6S.HI/c1-4-19-9-17-18-12(19)8-16-13(14-3)15-7-11-6-5-10(2)20-11;/h5-6,9H,4,7-8H2,1-3H3,(H2,14,15,16);1H. The van der Waals surface area contributed by atoms with Gasteiger partial charge in [-0.15, -0.1) is 45.5 Å². The molecule has 8 heteroatoms. The molecule has 0 fully saturated rings. The Morgan fingerprint density at radius 3 is 2.71 bits per heavy atom. The highest BCUT2D eigenvalue weighted by Gasteiger charge is 2.04. The Hall–Kier alpha value is -1.16. The van der Waals surface area contributed by atoms with Crippen molar-refractivity contribution in [3.05, 3.63) is 34.0 Å². The lowest BCUT2D eigenvalue weighted by Crippen LogP contribution is -2.36. The summed E-state index contributed by atoms with van der Waals surface area (Å²) >= 11 is 1.79. The minimum Gasteiger partial charge on any atom is -0.352 e. The van der Waals surface area contributed by atoms with Gasteiger partial charge in [0.1, 0.15) is 6.33 Å². The van der Waals surface area contributed by atoms with E-state index in [0.717, 1.165) is 24.9 Å². The Labute approximate surface area is 146 Å². The molecular weight excluding hydrogens is 399 g/mol. The fourth-order valence-corrected chi connectivity index (χ4v) is 2.64. The molecule has 0 saturated heterocycles. The van der Waals surface area contributed by atoms with Crippen molar-refractivity contribution in [1.82, 2.24) is 25.4 Å². The molecule has 2 rings (SSSR count). The smallest absolute Gasteiger partial charge is 0.191 e. The van der Waals surface area contributed by atoms with E-state index < -0.39 is 0 Å². The number of nitrogens with one attached hydrogen (secondary N) is 2. The molecular formula is C13H21IN6S. The number of aliphatic imine (C=N–C) groups is 1. The van der Waals surface area contributed by atoms with Gasteiger partial charge in [0.15, 0.2) is 11.8 Å². The lowest BCUT2D eigenvalue weighted by atomic mass is 10.4. The molecule has 0 unspecified atom stereocenters. The molecule has 0 spiro atoms. The van der Waals surface area contributed by atoms with Gasteiger partial charge in [-0.1, -0.05) is 0 Å². The summed E-state index contributed by atoms with van der Waals surface area (Å²) in [6.07, 6.45) is 1.74. The average Bonchev–Trinajstić information content (AvgIpc) is 3.07. The molecule has 0 atom stereocenters. The maximum atomic E-state index is 4.21. The number of hydrogen-bond donors (Lipinski definition) is 2. The summed E-state index contributed by atoms with van der Waals surface area (Å²) < 4.78 is 2.00. The normalized spacial score (nSPS) is 11.1. The van der Waals surface area contributed by atoms with Crippen LogP contribution in [-0.4, -0.2) is 27.8 Å². The van der Waals surface area contributed by atoms with E-state index in [1.54, 1.807) is 24.7 Å². The first-order valence-corrected chi connectivity index (χ1v) is 7.41. The fraction of sp³-hybridized carbons (Fsp3) is 0.462. The highest BCUT2D eigenvalue weighted by molar-refractivity contribution is 14.0. The van der Waals surface area contributed by atoms with Gasteiger partial charge in [0, 0.05) is 23.3 Å². The van der Waals surface area contributed by atoms with Gasteiger partial charge in [-0.2, -0.15) is 0 Å². The third kappa shape index (κ3) is 5.27. The zero-order valence-electron chi connectivity index (χ0n) is 12.5. The predicted octanol–water partition coefficient (Wildman–Crippen LogP) is 2.15. The van der Waals surface area contributed by atoms with Crippen molar-refractivity contribution in [2.75, 3.05) is 7.05 Å². The van der Waals surface area contributed by atoms with Crippen molar-refractivity contribution in [3.8, 4) is 0 Å². The van der Waals surface area contributed by atoms with Crippen LogP contribution >= 0.6 is 35.3 Å². The molecule has 21 heavy (non-hydrogen) atoms. The molecule has 0 aliphatic heterocycles. The van der Waals surface area contributed by atoms with Gasteiger partial charge in [-0.25, -0.2) is 0 Å². The Bertz CT molecular complexity index is 577. The molecule has 0 saturated carbocycles. The highest BCUT2D eigenvalue weighted by Crippen LogP contribution is 2.14. The highest BCUT2D eigenvalue weighted by atomic mass is 127. The average molecular weight is 420 g/mol. The van der Waals surface area contributed by atoms with Crippen molar-refractivity contribution in [1.29, 1.82) is 0 Å². The van der Waals surface area contributed by atoms with Crippen LogP contribution in [0.5, 0.6) is 0 Å². The Kier molecular flexibility index (Phi) is 7.65. The van der Waals surface area contributed by atoms with Gasteiger partial charge in [-0.3, -0.25) is 4.99 Å². The minimum absolute atomic E-state index is 0. The van der Waals surface area contributed by atoms with Gasteiger partial charge in [0.05, 0.1) is 13.1 Å². The first kappa shape index (κ1) is 17.9. The number of aromatic nitrogens is 3. The van der Waals surface area contributed by atoms with Crippen LogP contribution in [0.25, 0.3) is 0 Å². The van der Waals surface area contributed by atoms with E-state index in [-0.39, 0.29) is 24.0 Å². The summed E-state index contributed by atoms with van der Waals surface area (Å²) in [4.78, 5) is 6.82. The second-order valence-electron chi connectivity index (χ2n) is 4.32. The molecule has 0 radical (unpaired) electrons. The number of thiophene rings is 1. The maximum absolute atomic E-state index is 4.21. The van der Waals surface area contributed by atoms with E-state index in [1.165, 1.54) is 9.75 Å². The summed E-state index contributed by atoms with van der Waals surface area (Å²) in [5.41, 5.74) is 0. The molecule has 6 nitrogen and oxygen atoms in total. The van der Waals surface area contributed by atoms with Crippen LogP contribution in [-0.2, 0) is 19.6 Å². The fourth-order valence-electron chi connectivity index (χ4n) is 1.81. The van der Waals surface area contributed by atoms with Crippen molar-refractivity contribution in [2.24, 2.45) is 4.99 Å². The van der Waals surface area contributed by atoms with Crippen LogP contribution in [0.3, 0.4) is 0 Å². The van der Waals surface area contributed by atoms with Crippen LogP contribution in [0, 0.1) is 6.92 Å². The van der Waals surface area contributed by atoms with E-state index in [4.69, 9.17) is 0 Å². The molecule has 0 bridgehead atoms. The molecule has 2 aromatic heterocycles. The van der Waals surface area contributed by atoms with Crippen LogP contribution in [0.2, 0.25) is 0 Å². The number of halogens is 1. The molecule has 0 aliphatic carbocycles. The Balaban J connectivity index is 0.00000220. The van der Waals surface area contributed by atoms with Crippen LogP contribution in [0.1, 0.15) is 22.5 Å². The third-order valence-electron chi connectivity index (χ3n) is 2.90. The Morgan fingerprint density at radius 2 is 2.10 bits per heavy atom. The lowest BCUT2D eigenvalue weighted by molar-refractivity contribution is 0.670. The summed E-state index contributed by atoms with van der Waals surface area (Å²) in [6, 6.07) is 4.26. The molecule has 116 valence electrons. The van der Waals surface area contributed by atoms with Gasteiger partial charge in [-0.05, 0) is 26.0 Å². The number of rotatable bonds is 5. The Morgan fingerprint density at radius 1 is 1.33 bits per heavy atom. The molecule has 0 amide bonds. The predicted molar refractivity (Wildman–Crippen MR) is 97.2 cm³/mol. The second kappa shape index (κ2) is 8.98. The summed E-state index contributed by atoms with van der Waals surface area (Å²) in [5.74, 6) is 1.67. The molecule has 2 N–H and O–H groups in total. The molecule has 0 aliphatic rings. The quantitative estimate of drug-likeness (QED) is 0.442. The summed E-state index contributed by atoms with van der Waals surface area (Å²) in [5, 5.41) is 14.5. The monoisotopic (exact) mass is 420 g/mol. The van der Waals surface area contributed by atoms with Crippen LogP contribution in [0.4, 0.5) is 0 Å². The van der Waals surface area contributed by atoms with Crippen molar-refractivity contribution in [2.45, 2.75) is 33.5 Å². The number of guanidine groups is 1. The molecule has 2 aromatic rings. The van der Waals surface area contributed by atoms with Crippen molar-refractivity contribution >= 4 is 41.3 Å². The SMILES string of the molecule is CCn1cnnc1CNC(=NC)NCc1ccc(C)s1.I. The largest absolute Gasteiger partial charge is 0.352 e. The first-order chi connectivity index (χ1) is 9.72. The van der Waals surface area contributed by atoms with E-state index in [1.807, 2.05) is 4.57 Å². The van der Waals surface area contributed by atoms with E-state index >= 15 is 0 Å². The van der Waals surface area contributed by atoms with E-state index in [0.29, 0.717) is 6.54 Å². The third-order valence-corrected chi connectivity index (χ3v) is 3.90. The summed E-state index contributed by atoms with van der Waals surface area (Å²) in [7, 11) is 1.76. The zero-order valence-corrected chi connectivity index (χ0v) is 15.6. The van der Waals surface area contributed by atoms with E-state index in [2.05, 4.69) is 51.8 Å². The topological polar surface area (TPSA) is 67.1 Å². The first-order valence-electron chi connectivity index (χ1n) is 6.59. The number of nitrogens with zero attached hydrogens (tertiary/aromatic N) is 4. The van der Waals surface area contributed by atoms with Gasteiger partial charge in [0.25, 0.3) is 0 Å². The number of hydrogen-bond acceptors (Lipinski definition) is 4. The van der Waals surface area contributed by atoms with Crippen LogP contribution < -0.4 is 10.6 Å². The van der Waals surface area contributed by atoms with Crippen LogP contribution in [0.15, 0.2) is 23.5 Å². The zero-order chi connectivity index (χ0) is 14.4. The van der Waals surface area contributed by atoms with Gasteiger partial charge >= 0.3 is 0 Å². The molecule has 0 aromatic carbocycles. The summed E-state index contributed by atoms with van der Waals surface area (Å²) in [6.45, 7) is 6.43.